The molecule has 10 heteroatoms. The Morgan fingerprint density at radius 2 is 1.91 bits per heavy atom. The van der Waals surface area contributed by atoms with Gasteiger partial charge in [0, 0.05) is 31.1 Å². The lowest BCUT2D eigenvalue weighted by atomic mass is 10.1. The molecule has 0 spiro atoms. The molecule has 0 aliphatic heterocycles. The number of hydrogen-bond acceptors (Lipinski definition) is 6. The molecule has 0 fully saturated rings. The SMILES string of the molecule is Cc1cc2ccc(CN(C)c3ccc(C(=O)N[C@@H](CCC(=O)O)C(=O)O)s3)cc2c(=O)[nH]1. The molecule has 0 unspecified atom stereocenters. The van der Waals surface area contributed by atoms with E-state index in [4.69, 9.17) is 5.11 Å². The monoisotopic (exact) mass is 457 g/mol. The number of aryl methyl sites for hydroxylation is 1. The Morgan fingerprint density at radius 3 is 2.59 bits per heavy atom. The number of aliphatic carboxylic acids is 2. The number of nitrogens with zero attached hydrogens (tertiary/aromatic N) is 1. The lowest BCUT2D eigenvalue weighted by Gasteiger charge is -2.17. The van der Waals surface area contributed by atoms with Gasteiger partial charge in [-0.3, -0.25) is 14.4 Å². The van der Waals surface area contributed by atoms with Gasteiger partial charge in [-0.15, -0.1) is 11.3 Å². The number of carboxylic acids is 2. The van der Waals surface area contributed by atoms with E-state index in [0.717, 1.165) is 21.6 Å². The lowest BCUT2D eigenvalue weighted by molar-refractivity contribution is -0.140. The van der Waals surface area contributed by atoms with E-state index in [1.165, 1.54) is 11.3 Å². The quantitative estimate of drug-likeness (QED) is 0.387. The summed E-state index contributed by atoms with van der Waals surface area (Å²) in [4.78, 5) is 51.7. The summed E-state index contributed by atoms with van der Waals surface area (Å²) in [6.07, 6.45) is -0.557. The zero-order valence-electron chi connectivity index (χ0n) is 17.5. The number of anilines is 1. The molecule has 2 heterocycles. The van der Waals surface area contributed by atoms with Crippen LogP contribution >= 0.6 is 11.3 Å². The molecule has 0 saturated carbocycles. The van der Waals surface area contributed by atoms with E-state index in [1.54, 1.807) is 12.1 Å². The fourth-order valence-electron chi connectivity index (χ4n) is 3.30. The van der Waals surface area contributed by atoms with Crippen molar-refractivity contribution < 1.29 is 24.6 Å². The molecule has 1 aromatic carbocycles. The van der Waals surface area contributed by atoms with Gasteiger partial charge in [0.05, 0.1) is 9.88 Å². The number of H-pyrrole nitrogens is 1. The number of pyridine rings is 1. The maximum atomic E-state index is 12.4. The number of amides is 1. The van der Waals surface area contributed by atoms with Crippen molar-refractivity contribution in [3.05, 3.63) is 62.9 Å². The standard InChI is InChI=1S/C22H23N3O6S/c1-12-9-14-4-3-13(10-15(14)20(28)23-12)11-25(2)18-7-6-17(32-18)21(29)24-16(22(30)31)5-8-19(26)27/h3-4,6-7,9-10,16H,5,8,11H2,1-2H3,(H,23,28)(H,24,29)(H,26,27)(H,30,31)/t16-/m0/s1. The highest BCUT2D eigenvalue weighted by atomic mass is 32.1. The Balaban J connectivity index is 1.70. The van der Waals surface area contributed by atoms with Gasteiger partial charge in [-0.1, -0.05) is 12.1 Å². The number of fused-ring (bicyclic) bond motifs is 1. The van der Waals surface area contributed by atoms with Crippen LogP contribution < -0.4 is 15.8 Å². The molecule has 0 aliphatic rings. The number of aromatic nitrogens is 1. The molecule has 0 saturated heterocycles. The summed E-state index contributed by atoms with van der Waals surface area (Å²) in [5.74, 6) is -2.98. The van der Waals surface area contributed by atoms with E-state index in [-0.39, 0.29) is 18.4 Å². The van der Waals surface area contributed by atoms with E-state index in [2.05, 4.69) is 10.3 Å². The first-order chi connectivity index (χ1) is 15.1. The molecule has 9 nitrogen and oxygen atoms in total. The molecule has 0 bridgehead atoms. The number of carbonyl (C=O) groups is 3. The average molecular weight is 458 g/mol. The molecule has 0 aliphatic carbocycles. The predicted octanol–water partition coefficient (Wildman–Crippen LogP) is 2.58. The van der Waals surface area contributed by atoms with Crippen molar-refractivity contribution in [2.45, 2.75) is 32.4 Å². The Morgan fingerprint density at radius 1 is 1.16 bits per heavy atom. The molecule has 3 rings (SSSR count). The molecular weight excluding hydrogens is 434 g/mol. The number of carbonyl (C=O) groups excluding carboxylic acids is 1. The molecule has 168 valence electrons. The molecule has 4 N–H and O–H groups in total. The summed E-state index contributed by atoms with van der Waals surface area (Å²) in [5.41, 5.74) is 1.58. The summed E-state index contributed by atoms with van der Waals surface area (Å²) in [6.45, 7) is 2.33. The normalized spacial score (nSPS) is 11.8. The second-order valence-electron chi connectivity index (χ2n) is 7.49. The number of aromatic amines is 1. The van der Waals surface area contributed by atoms with Crippen LogP contribution in [0.2, 0.25) is 0 Å². The average Bonchev–Trinajstić information content (AvgIpc) is 3.21. The second kappa shape index (κ2) is 9.65. The van der Waals surface area contributed by atoms with Gasteiger partial charge in [0.15, 0.2) is 0 Å². The molecule has 2 aromatic heterocycles. The predicted molar refractivity (Wildman–Crippen MR) is 121 cm³/mol. The maximum absolute atomic E-state index is 12.4. The summed E-state index contributed by atoms with van der Waals surface area (Å²) in [6, 6.07) is 9.66. The number of nitrogens with one attached hydrogen (secondary N) is 2. The summed E-state index contributed by atoms with van der Waals surface area (Å²) in [7, 11) is 1.85. The highest BCUT2D eigenvalue weighted by Crippen LogP contribution is 2.27. The van der Waals surface area contributed by atoms with Gasteiger partial charge in [-0.25, -0.2) is 4.79 Å². The Hall–Kier alpha value is -3.66. The number of hydrogen-bond donors (Lipinski definition) is 4. The molecule has 32 heavy (non-hydrogen) atoms. The molecule has 1 amide bonds. The van der Waals surface area contributed by atoms with Crippen LogP contribution in [-0.4, -0.2) is 46.1 Å². The minimum Gasteiger partial charge on any atom is -0.481 e. The molecule has 3 aromatic rings. The van der Waals surface area contributed by atoms with Crippen LogP contribution in [0, 0.1) is 6.92 Å². The first-order valence-electron chi connectivity index (χ1n) is 9.83. The van der Waals surface area contributed by atoms with Crippen molar-refractivity contribution in [3.63, 3.8) is 0 Å². The van der Waals surface area contributed by atoms with Gasteiger partial charge in [-0.2, -0.15) is 0 Å². The van der Waals surface area contributed by atoms with Crippen molar-refractivity contribution in [1.82, 2.24) is 10.3 Å². The Kier molecular flexibility index (Phi) is 6.94. The summed E-state index contributed by atoms with van der Waals surface area (Å²) >= 11 is 1.19. The summed E-state index contributed by atoms with van der Waals surface area (Å²) in [5, 5.41) is 22.6. The second-order valence-corrected chi connectivity index (χ2v) is 8.56. The first-order valence-corrected chi connectivity index (χ1v) is 10.6. The largest absolute Gasteiger partial charge is 0.481 e. The molecule has 0 radical (unpaired) electrons. The van der Waals surface area contributed by atoms with E-state index in [9.17, 15) is 24.3 Å². The molecular formula is C22H23N3O6S. The third-order valence-corrected chi connectivity index (χ3v) is 6.11. The summed E-state index contributed by atoms with van der Waals surface area (Å²) < 4.78 is 0. The van der Waals surface area contributed by atoms with Crippen LogP contribution in [0.15, 0.2) is 41.2 Å². The zero-order valence-corrected chi connectivity index (χ0v) is 18.4. The van der Waals surface area contributed by atoms with E-state index in [1.807, 2.05) is 43.1 Å². The number of benzene rings is 1. The molecule has 1 atom stereocenters. The van der Waals surface area contributed by atoms with E-state index < -0.39 is 23.9 Å². The highest BCUT2D eigenvalue weighted by Gasteiger charge is 2.22. The van der Waals surface area contributed by atoms with Crippen LogP contribution in [0.5, 0.6) is 0 Å². The smallest absolute Gasteiger partial charge is 0.326 e. The van der Waals surface area contributed by atoms with Gasteiger partial charge in [0.2, 0.25) is 0 Å². The fraction of sp³-hybridized carbons (Fsp3) is 0.273. The van der Waals surface area contributed by atoms with Crippen LogP contribution in [0.25, 0.3) is 10.8 Å². The first kappa shape index (κ1) is 23.0. The van der Waals surface area contributed by atoms with Crippen molar-refractivity contribution in [2.24, 2.45) is 0 Å². The van der Waals surface area contributed by atoms with E-state index >= 15 is 0 Å². The van der Waals surface area contributed by atoms with Crippen LogP contribution in [0.1, 0.15) is 33.8 Å². The third-order valence-electron chi connectivity index (χ3n) is 4.91. The third kappa shape index (κ3) is 5.52. The number of thiophene rings is 1. The van der Waals surface area contributed by atoms with Crippen LogP contribution in [-0.2, 0) is 16.1 Å². The van der Waals surface area contributed by atoms with Crippen molar-refractivity contribution in [1.29, 1.82) is 0 Å². The zero-order chi connectivity index (χ0) is 23.4. The van der Waals surface area contributed by atoms with Gasteiger partial charge >= 0.3 is 11.9 Å². The van der Waals surface area contributed by atoms with Crippen molar-refractivity contribution in [3.8, 4) is 0 Å². The fourth-order valence-corrected chi connectivity index (χ4v) is 4.17. The van der Waals surface area contributed by atoms with Gasteiger partial charge in [-0.05, 0) is 48.6 Å². The topological polar surface area (TPSA) is 140 Å². The van der Waals surface area contributed by atoms with Crippen LogP contribution in [0.4, 0.5) is 5.00 Å². The van der Waals surface area contributed by atoms with Crippen molar-refractivity contribution >= 4 is 45.0 Å². The van der Waals surface area contributed by atoms with Gasteiger partial charge in [0.25, 0.3) is 11.5 Å². The van der Waals surface area contributed by atoms with Crippen LogP contribution in [0.3, 0.4) is 0 Å². The maximum Gasteiger partial charge on any atom is 0.326 e. The van der Waals surface area contributed by atoms with E-state index in [0.29, 0.717) is 16.8 Å². The number of rotatable bonds is 9. The Bertz CT molecular complexity index is 1230. The number of carboxylic acid groups (broad SMARTS) is 2. The van der Waals surface area contributed by atoms with Gasteiger partial charge < -0.3 is 25.4 Å². The highest BCUT2D eigenvalue weighted by molar-refractivity contribution is 7.17. The van der Waals surface area contributed by atoms with Crippen molar-refractivity contribution in [2.75, 3.05) is 11.9 Å². The Labute approximate surface area is 187 Å². The lowest BCUT2D eigenvalue weighted by Crippen LogP contribution is -2.40. The minimum absolute atomic E-state index is 0.143. The van der Waals surface area contributed by atoms with Gasteiger partial charge in [0.1, 0.15) is 6.04 Å². The minimum atomic E-state index is -1.28.